The summed E-state index contributed by atoms with van der Waals surface area (Å²) in [6, 6.07) is 0. The summed E-state index contributed by atoms with van der Waals surface area (Å²) in [7, 11) is 0. The lowest BCUT2D eigenvalue weighted by molar-refractivity contribution is -0.104. The highest BCUT2D eigenvalue weighted by atomic mass is 16.1. The van der Waals surface area contributed by atoms with Crippen LogP contribution in [0.4, 0.5) is 0 Å². The van der Waals surface area contributed by atoms with E-state index < -0.39 is 0 Å². The van der Waals surface area contributed by atoms with Crippen LogP contribution in [0, 0.1) is 11.8 Å². The van der Waals surface area contributed by atoms with E-state index in [2.05, 4.69) is 11.8 Å². The Morgan fingerprint density at radius 2 is 1.20 bits per heavy atom. The molecule has 2 nitrogen and oxygen atoms in total. The zero-order chi connectivity index (χ0) is 7.66. The molecule has 10 heavy (non-hydrogen) atoms. The Balaban J connectivity index is 3.69. The fraction of sp³-hybridized carbons (Fsp3) is 0. The van der Waals surface area contributed by atoms with Crippen molar-refractivity contribution >= 4 is 12.6 Å². The van der Waals surface area contributed by atoms with E-state index in [0.29, 0.717) is 12.6 Å². The van der Waals surface area contributed by atoms with Crippen molar-refractivity contribution in [1.82, 2.24) is 0 Å². The summed E-state index contributed by atoms with van der Waals surface area (Å²) in [6.07, 6.45) is 6.64. The van der Waals surface area contributed by atoms with Gasteiger partial charge >= 0.3 is 0 Å². The minimum absolute atomic E-state index is 0.637. The second kappa shape index (κ2) is 7.38. The van der Waals surface area contributed by atoms with Crippen LogP contribution >= 0.6 is 0 Å². The van der Waals surface area contributed by atoms with Crippen LogP contribution in [0.3, 0.4) is 0 Å². The molecule has 0 aromatic carbocycles. The van der Waals surface area contributed by atoms with Crippen molar-refractivity contribution in [3.05, 3.63) is 24.3 Å². The molecule has 0 saturated carbocycles. The van der Waals surface area contributed by atoms with Gasteiger partial charge in [-0.3, -0.25) is 9.59 Å². The fourth-order valence-electron chi connectivity index (χ4n) is 0.271. The molecule has 2 heteroatoms. The average Bonchev–Trinajstić information content (AvgIpc) is 1.97. The topological polar surface area (TPSA) is 34.1 Å². The Labute approximate surface area is 59.2 Å². The number of allylic oxidation sites excluding steroid dienone is 4. The summed E-state index contributed by atoms with van der Waals surface area (Å²) in [5.74, 6) is 5.03. The summed E-state index contributed by atoms with van der Waals surface area (Å²) in [5.41, 5.74) is 0. The molecule has 0 aliphatic heterocycles. The van der Waals surface area contributed by atoms with Crippen LogP contribution in [0.5, 0.6) is 0 Å². The van der Waals surface area contributed by atoms with E-state index in [0.717, 1.165) is 0 Å². The molecule has 0 aromatic heterocycles. The van der Waals surface area contributed by atoms with E-state index in [-0.39, 0.29) is 0 Å². The van der Waals surface area contributed by atoms with Gasteiger partial charge < -0.3 is 0 Å². The Morgan fingerprint density at radius 3 is 1.50 bits per heavy atom. The predicted octanol–water partition coefficient (Wildman–Crippen LogP) is 0.500. The number of aldehydes is 2. The summed E-state index contributed by atoms with van der Waals surface area (Å²) in [5, 5.41) is 0. The maximum absolute atomic E-state index is 9.66. The largest absolute Gasteiger partial charge is 0.299 e. The lowest BCUT2D eigenvalue weighted by Gasteiger charge is -1.61. The van der Waals surface area contributed by atoms with Gasteiger partial charge in [0.05, 0.1) is 0 Å². The van der Waals surface area contributed by atoms with Crippen molar-refractivity contribution in [2.45, 2.75) is 0 Å². The van der Waals surface area contributed by atoms with Crippen molar-refractivity contribution in [3.63, 3.8) is 0 Å². The Kier molecular flexibility index (Phi) is 6.18. The molecule has 50 valence electrons. The van der Waals surface area contributed by atoms with E-state index in [4.69, 9.17) is 0 Å². The third-order valence-electron chi connectivity index (χ3n) is 0.600. The van der Waals surface area contributed by atoms with Crippen LogP contribution < -0.4 is 0 Å². The smallest absolute Gasteiger partial charge is 0.143 e. The average molecular weight is 134 g/mol. The van der Waals surface area contributed by atoms with Crippen molar-refractivity contribution in [3.8, 4) is 11.8 Å². The number of rotatable bonds is 2. The first kappa shape index (κ1) is 8.38. The summed E-state index contributed by atoms with van der Waals surface area (Å²) in [6.45, 7) is 0. The molecule has 0 heterocycles. The quantitative estimate of drug-likeness (QED) is 0.313. The number of carbonyl (C=O) groups excluding carboxylic acids is 2. The van der Waals surface area contributed by atoms with Gasteiger partial charge in [-0.05, 0) is 24.3 Å². The SMILES string of the molecule is O=C/C=C/C#C/C=C/C=O. The molecule has 0 atom stereocenters. The third kappa shape index (κ3) is 6.38. The minimum atomic E-state index is 0.637. The number of hydrogen-bond acceptors (Lipinski definition) is 2. The van der Waals surface area contributed by atoms with Gasteiger partial charge in [0.1, 0.15) is 12.6 Å². The van der Waals surface area contributed by atoms with Crippen LogP contribution in [-0.4, -0.2) is 12.6 Å². The molecule has 0 saturated heterocycles. The van der Waals surface area contributed by atoms with Gasteiger partial charge in [-0.25, -0.2) is 0 Å². The van der Waals surface area contributed by atoms with Gasteiger partial charge in [0.25, 0.3) is 0 Å². The first-order chi connectivity index (χ1) is 4.91. The molecular formula is C8H6O2. The van der Waals surface area contributed by atoms with Gasteiger partial charge in [-0.1, -0.05) is 11.8 Å². The van der Waals surface area contributed by atoms with Crippen molar-refractivity contribution in [2.75, 3.05) is 0 Å². The molecule has 0 unspecified atom stereocenters. The van der Waals surface area contributed by atoms with Crippen LogP contribution in [0.15, 0.2) is 24.3 Å². The lowest BCUT2D eigenvalue weighted by Crippen LogP contribution is -1.58. The van der Waals surface area contributed by atoms with Gasteiger partial charge in [-0.2, -0.15) is 0 Å². The van der Waals surface area contributed by atoms with Crippen molar-refractivity contribution in [2.24, 2.45) is 0 Å². The molecule has 0 radical (unpaired) electrons. The highest BCUT2D eigenvalue weighted by Crippen LogP contribution is 1.66. The van der Waals surface area contributed by atoms with Gasteiger partial charge in [0, 0.05) is 0 Å². The molecule has 0 N–H and O–H groups in total. The molecule has 0 fully saturated rings. The maximum Gasteiger partial charge on any atom is 0.143 e. The number of hydrogen-bond donors (Lipinski definition) is 0. The molecule has 0 spiro atoms. The monoisotopic (exact) mass is 134 g/mol. The summed E-state index contributed by atoms with van der Waals surface area (Å²) >= 11 is 0. The van der Waals surface area contributed by atoms with Gasteiger partial charge in [0.15, 0.2) is 0 Å². The van der Waals surface area contributed by atoms with E-state index in [1.165, 1.54) is 24.3 Å². The van der Waals surface area contributed by atoms with Crippen molar-refractivity contribution < 1.29 is 9.59 Å². The second-order valence-electron chi connectivity index (χ2n) is 1.28. The van der Waals surface area contributed by atoms with Crippen LogP contribution in [0.25, 0.3) is 0 Å². The van der Waals surface area contributed by atoms with Gasteiger partial charge in [0.2, 0.25) is 0 Å². The molecule has 0 amide bonds. The summed E-state index contributed by atoms with van der Waals surface area (Å²) in [4.78, 5) is 19.3. The molecule has 0 bridgehead atoms. The van der Waals surface area contributed by atoms with E-state index in [1.54, 1.807) is 0 Å². The molecular weight excluding hydrogens is 128 g/mol. The standard InChI is InChI=1S/C8H6O2/c9-7-5-3-1-2-4-6-8-10/h3-8H/b5-3+,6-4+. The zero-order valence-corrected chi connectivity index (χ0v) is 5.28. The lowest BCUT2D eigenvalue weighted by atomic mass is 10.4. The normalized spacial score (nSPS) is 9.20. The Bertz CT molecular complexity index is 191. The van der Waals surface area contributed by atoms with E-state index in [1.807, 2.05) is 0 Å². The van der Waals surface area contributed by atoms with Crippen LogP contribution in [0.2, 0.25) is 0 Å². The van der Waals surface area contributed by atoms with E-state index in [9.17, 15) is 9.59 Å². The van der Waals surface area contributed by atoms with Crippen LogP contribution in [-0.2, 0) is 9.59 Å². The molecule has 0 aliphatic rings. The maximum atomic E-state index is 9.66. The Morgan fingerprint density at radius 1 is 0.800 bits per heavy atom. The first-order valence-electron chi connectivity index (χ1n) is 2.63. The molecule has 0 aliphatic carbocycles. The molecule has 0 aromatic rings. The van der Waals surface area contributed by atoms with Gasteiger partial charge in [-0.15, -0.1) is 0 Å². The van der Waals surface area contributed by atoms with Crippen LogP contribution in [0.1, 0.15) is 0 Å². The summed E-state index contributed by atoms with van der Waals surface area (Å²) < 4.78 is 0. The highest BCUT2D eigenvalue weighted by molar-refractivity contribution is 5.67. The van der Waals surface area contributed by atoms with Crippen molar-refractivity contribution in [1.29, 1.82) is 0 Å². The minimum Gasteiger partial charge on any atom is -0.299 e. The number of carbonyl (C=O) groups is 2. The second-order valence-corrected chi connectivity index (χ2v) is 1.28. The Hall–Kier alpha value is -1.62. The first-order valence-corrected chi connectivity index (χ1v) is 2.63. The predicted molar refractivity (Wildman–Crippen MR) is 38.2 cm³/mol. The van der Waals surface area contributed by atoms with E-state index >= 15 is 0 Å². The highest BCUT2D eigenvalue weighted by Gasteiger charge is 1.59. The fourth-order valence-corrected chi connectivity index (χ4v) is 0.271. The zero-order valence-electron chi connectivity index (χ0n) is 5.28. The third-order valence-corrected chi connectivity index (χ3v) is 0.600. The molecule has 0 rings (SSSR count).